The van der Waals surface area contributed by atoms with E-state index in [-0.39, 0.29) is 0 Å². The fourth-order valence-corrected chi connectivity index (χ4v) is 8.67. The van der Waals surface area contributed by atoms with Crippen LogP contribution in [0.1, 0.15) is 11.1 Å². The highest BCUT2D eigenvalue weighted by Gasteiger charge is 2.22. The number of benzene rings is 8. The first-order valence-electron chi connectivity index (χ1n) is 19.8. The quantitative estimate of drug-likeness (QED) is 0.169. The molecule has 0 radical (unpaired) electrons. The van der Waals surface area contributed by atoms with E-state index in [0.29, 0.717) is 17.0 Å². The second-order valence-corrected chi connectivity index (χ2v) is 14.8. The molecule has 0 aliphatic heterocycles. The molecule has 0 saturated carbocycles. The van der Waals surface area contributed by atoms with E-state index in [1.54, 1.807) is 0 Å². The molecule has 0 bridgehead atoms. The molecule has 0 amide bonds. The van der Waals surface area contributed by atoms with Crippen molar-refractivity contribution in [1.29, 1.82) is 10.5 Å². The van der Waals surface area contributed by atoms with Crippen molar-refractivity contribution in [2.75, 3.05) is 0 Å². The number of hydrogen-bond donors (Lipinski definition) is 0. The predicted octanol–water partition coefficient (Wildman–Crippen LogP) is 13.1. The zero-order chi connectivity index (χ0) is 40.2. The Hall–Kier alpha value is -8.58. The van der Waals surface area contributed by atoms with Gasteiger partial charge in [0.15, 0.2) is 5.82 Å². The van der Waals surface area contributed by atoms with Crippen molar-refractivity contribution >= 4 is 43.6 Å². The monoisotopic (exact) mass is 764 g/mol. The molecular formula is C54H32N6. The summed E-state index contributed by atoms with van der Waals surface area (Å²) in [6, 6.07) is 70.9. The van der Waals surface area contributed by atoms with Crippen molar-refractivity contribution in [3.8, 4) is 68.5 Å². The normalized spacial score (nSPS) is 11.3. The molecule has 6 nitrogen and oxygen atoms in total. The minimum Gasteiger partial charge on any atom is -0.309 e. The second-order valence-electron chi connectivity index (χ2n) is 14.8. The predicted molar refractivity (Wildman–Crippen MR) is 242 cm³/mol. The van der Waals surface area contributed by atoms with Gasteiger partial charge in [0.05, 0.1) is 68.1 Å². The van der Waals surface area contributed by atoms with Crippen LogP contribution in [-0.2, 0) is 0 Å². The first-order valence-corrected chi connectivity index (χ1v) is 19.8. The molecule has 6 heteroatoms. The van der Waals surface area contributed by atoms with Crippen LogP contribution in [-0.4, -0.2) is 19.1 Å². The highest BCUT2D eigenvalue weighted by atomic mass is 15.0. The lowest BCUT2D eigenvalue weighted by atomic mass is 9.98. The first-order chi connectivity index (χ1) is 29.7. The van der Waals surface area contributed by atoms with Gasteiger partial charge in [-0.2, -0.15) is 10.5 Å². The fraction of sp³-hybridized carbons (Fsp3) is 0. The van der Waals surface area contributed by atoms with Gasteiger partial charge in [-0.05, 0) is 66.7 Å². The van der Waals surface area contributed by atoms with E-state index in [1.165, 1.54) is 0 Å². The molecule has 0 saturated heterocycles. The average molecular weight is 765 g/mol. The van der Waals surface area contributed by atoms with Gasteiger partial charge in [-0.25, -0.2) is 9.97 Å². The third-order valence-electron chi connectivity index (χ3n) is 11.4. The highest BCUT2D eigenvalue weighted by molar-refractivity contribution is 6.12. The Morgan fingerprint density at radius 3 is 1.38 bits per heavy atom. The van der Waals surface area contributed by atoms with Crippen molar-refractivity contribution in [1.82, 2.24) is 19.1 Å². The van der Waals surface area contributed by atoms with Gasteiger partial charge in [-0.3, -0.25) is 0 Å². The Balaban J connectivity index is 1.22. The van der Waals surface area contributed by atoms with Gasteiger partial charge in [-0.15, -0.1) is 0 Å². The maximum atomic E-state index is 9.97. The molecule has 0 unspecified atom stereocenters. The summed E-state index contributed by atoms with van der Waals surface area (Å²) in [5.41, 5.74) is 13.8. The van der Waals surface area contributed by atoms with E-state index in [2.05, 4.69) is 143 Å². The van der Waals surface area contributed by atoms with Crippen LogP contribution >= 0.6 is 0 Å². The standard InChI is InChI=1S/C54H32N6/c55-33-35-23-27-51-44(29-35)41-18-8-11-21-49(41)59(51)48-20-10-7-17-40(48)43-26-25-39(31-53(43)60-50-22-12-9-19-42(50)45-30-36(34-56)24-28-52(45)60)54-57-46(37-13-3-1-4-14-37)32-47(58-54)38-15-5-2-6-16-38/h1-32H. The molecule has 0 atom stereocenters. The summed E-state index contributed by atoms with van der Waals surface area (Å²) in [6.07, 6.45) is 0. The van der Waals surface area contributed by atoms with Crippen LogP contribution in [0, 0.1) is 22.7 Å². The lowest BCUT2D eigenvalue weighted by Gasteiger charge is -2.19. The van der Waals surface area contributed by atoms with E-state index < -0.39 is 0 Å². The van der Waals surface area contributed by atoms with Crippen LogP contribution < -0.4 is 0 Å². The molecule has 0 aliphatic rings. The van der Waals surface area contributed by atoms with E-state index in [0.717, 1.165) is 94.2 Å². The topological polar surface area (TPSA) is 83.2 Å². The molecule has 8 aromatic carbocycles. The van der Waals surface area contributed by atoms with E-state index in [1.807, 2.05) is 72.8 Å². The number of rotatable bonds is 6. The van der Waals surface area contributed by atoms with Gasteiger partial charge in [-0.1, -0.05) is 127 Å². The summed E-state index contributed by atoms with van der Waals surface area (Å²) in [6.45, 7) is 0. The van der Waals surface area contributed by atoms with Crippen molar-refractivity contribution < 1.29 is 0 Å². The summed E-state index contributed by atoms with van der Waals surface area (Å²) >= 11 is 0. The molecule has 11 aromatic rings. The van der Waals surface area contributed by atoms with Crippen LogP contribution in [0.2, 0.25) is 0 Å². The molecule has 3 aromatic heterocycles. The lowest BCUT2D eigenvalue weighted by molar-refractivity contribution is 1.15. The number of fused-ring (bicyclic) bond motifs is 6. The molecule has 0 fully saturated rings. The van der Waals surface area contributed by atoms with Gasteiger partial charge in [0, 0.05) is 49.4 Å². The Morgan fingerprint density at radius 1 is 0.350 bits per heavy atom. The third-order valence-corrected chi connectivity index (χ3v) is 11.4. The van der Waals surface area contributed by atoms with Crippen LogP contribution in [0.4, 0.5) is 0 Å². The van der Waals surface area contributed by atoms with E-state index in [9.17, 15) is 10.5 Å². The maximum Gasteiger partial charge on any atom is 0.160 e. The summed E-state index contributed by atoms with van der Waals surface area (Å²) in [5.74, 6) is 0.611. The molecule has 278 valence electrons. The van der Waals surface area contributed by atoms with Crippen molar-refractivity contribution in [2.24, 2.45) is 0 Å². The van der Waals surface area contributed by atoms with Crippen LogP contribution in [0.15, 0.2) is 194 Å². The lowest BCUT2D eigenvalue weighted by Crippen LogP contribution is -2.03. The Morgan fingerprint density at radius 2 is 0.817 bits per heavy atom. The fourth-order valence-electron chi connectivity index (χ4n) is 8.67. The third kappa shape index (κ3) is 5.63. The molecule has 0 aliphatic carbocycles. The number of hydrogen-bond acceptors (Lipinski definition) is 4. The Labute approximate surface area is 345 Å². The van der Waals surface area contributed by atoms with Crippen molar-refractivity contribution in [3.63, 3.8) is 0 Å². The van der Waals surface area contributed by atoms with Crippen molar-refractivity contribution in [3.05, 3.63) is 205 Å². The summed E-state index contributed by atoms with van der Waals surface area (Å²) in [4.78, 5) is 10.5. The van der Waals surface area contributed by atoms with Crippen LogP contribution in [0.5, 0.6) is 0 Å². The van der Waals surface area contributed by atoms with Gasteiger partial charge < -0.3 is 9.13 Å². The van der Waals surface area contributed by atoms with Crippen LogP contribution in [0.3, 0.4) is 0 Å². The second kappa shape index (κ2) is 14.1. The number of para-hydroxylation sites is 3. The maximum absolute atomic E-state index is 9.97. The molecule has 0 N–H and O–H groups in total. The van der Waals surface area contributed by atoms with Gasteiger partial charge in [0.25, 0.3) is 0 Å². The Kier molecular flexibility index (Phi) is 8.15. The van der Waals surface area contributed by atoms with Gasteiger partial charge in [0.2, 0.25) is 0 Å². The van der Waals surface area contributed by atoms with E-state index >= 15 is 0 Å². The van der Waals surface area contributed by atoms with E-state index in [4.69, 9.17) is 9.97 Å². The molecule has 11 rings (SSSR count). The van der Waals surface area contributed by atoms with Crippen molar-refractivity contribution in [2.45, 2.75) is 0 Å². The zero-order valence-corrected chi connectivity index (χ0v) is 32.2. The summed E-state index contributed by atoms with van der Waals surface area (Å²) in [5, 5.41) is 24.0. The molecule has 3 heterocycles. The smallest absolute Gasteiger partial charge is 0.160 e. The molecule has 60 heavy (non-hydrogen) atoms. The highest BCUT2D eigenvalue weighted by Crippen LogP contribution is 2.42. The molecule has 0 spiro atoms. The minimum absolute atomic E-state index is 0.607. The van der Waals surface area contributed by atoms with Gasteiger partial charge in [0.1, 0.15) is 0 Å². The Bertz CT molecular complexity index is 3510. The van der Waals surface area contributed by atoms with Gasteiger partial charge >= 0.3 is 0 Å². The largest absolute Gasteiger partial charge is 0.309 e. The molecular weight excluding hydrogens is 733 g/mol. The first kappa shape index (κ1) is 34.7. The van der Waals surface area contributed by atoms with Crippen LogP contribution in [0.25, 0.3) is 100 Å². The minimum atomic E-state index is 0.607. The number of nitrogens with zero attached hydrogens (tertiary/aromatic N) is 6. The summed E-state index contributed by atoms with van der Waals surface area (Å²) < 4.78 is 4.62. The average Bonchev–Trinajstić information content (AvgIpc) is 3.83. The SMILES string of the molecule is N#Cc1ccc2c(c1)c1ccccc1n2-c1ccccc1-c1ccc(-c2nc(-c3ccccc3)cc(-c3ccccc3)n2)cc1-n1c2ccccc2c2cc(C#N)ccc21. The summed E-state index contributed by atoms with van der Waals surface area (Å²) in [7, 11) is 0. The number of aromatic nitrogens is 4. The zero-order valence-electron chi connectivity index (χ0n) is 32.2. The number of nitriles is 2.